The van der Waals surface area contributed by atoms with Gasteiger partial charge < -0.3 is 4.90 Å². The standard InChI is InChI=1S/C23H15ClF3NO4S/c1-28-21(30)20(33(31,32)18-10-6-5-9-15(18)23(25,26)27)19(14-7-3-2-4-8-14)22(28)12-11-17(29)16(24)13-22/h2-13H,1H3/t22-/m1/s1. The fourth-order valence-corrected chi connectivity index (χ4v) is 6.09. The summed E-state index contributed by atoms with van der Waals surface area (Å²) in [5, 5.41) is -0.250. The molecule has 0 radical (unpaired) electrons. The number of rotatable bonds is 3. The molecule has 0 N–H and O–H groups in total. The highest BCUT2D eigenvalue weighted by Gasteiger charge is 2.54. The van der Waals surface area contributed by atoms with E-state index in [1.807, 2.05) is 0 Å². The van der Waals surface area contributed by atoms with Crippen molar-refractivity contribution in [3.05, 3.63) is 93.9 Å². The lowest BCUT2D eigenvalue weighted by Crippen LogP contribution is -2.44. The maximum atomic E-state index is 13.7. The van der Waals surface area contributed by atoms with E-state index in [4.69, 9.17) is 11.6 Å². The molecule has 2 aromatic rings. The first-order chi connectivity index (χ1) is 15.4. The molecule has 0 bridgehead atoms. The first kappa shape index (κ1) is 23.0. The third-order valence-corrected chi connectivity index (χ3v) is 7.71. The van der Waals surface area contributed by atoms with Crippen molar-refractivity contribution in [2.45, 2.75) is 16.6 Å². The number of carbonyl (C=O) groups excluding carboxylic acids is 2. The Morgan fingerprint density at radius 1 is 0.970 bits per heavy atom. The molecular formula is C23H15ClF3NO4S. The summed E-state index contributed by atoms with van der Waals surface area (Å²) in [6.45, 7) is 0. The third-order valence-electron chi connectivity index (χ3n) is 5.57. The van der Waals surface area contributed by atoms with Crippen LogP contribution >= 0.6 is 11.6 Å². The average molecular weight is 494 g/mol. The van der Waals surface area contributed by atoms with Crippen LogP contribution in [0.1, 0.15) is 11.1 Å². The number of likely N-dealkylation sites (N-methyl/N-ethyl adjacent to an activating group) is 1. The summed E-state index contributed by atoms with van der Waals surface area (Å²) in [6.07, 6.45) is -1.31. The predicted molar refractivity (Wildman–Crippen MR) is 116 cm³/mol. The first-order valence-corrected chi connectivity index (χ1v) is 11.4. The zero-order valence-electron chi connectivity index (χ0n) is 16.9. The van der Waals surface area contributed by atoms with E-state index in [9.17, 15) is 31.2 Å². The number of amides is 1. The van der Waals surface area contributed by atoms with E-state index in [-0.39, 0.29) is 16.2 Å². The zero-order chi connectivity index (χ0) is 24.2. The maximum absolute atomic E-state index is 13.7. The average Bonchev–Trinajstić information content (AvgIpc) is 2.99. The summed E-state index contributed by atoms with van der Waals surface area (Å²) in [5.41, 5.74) is -2.78. The molecule has 2 aromatic carbocycles. The molecule has 1 atom stereocenters. The molecule has 1 aliphatic heterocycles. The molecule has 4 rings (SSSR count). The van der Waals surface area contributed by atoms with Gasteiger partial charge in [-0.15, -0.1) is 0 Å². The van der Waals surface area contributed by atoms with E-state index < -0.39 is 48.6 Å². The van der Waals surface area contributed by atoms with E-state index in [1.165, 1.54) is 31.3 Å². The van der Waals surface area contributed by atoms with Crippen LogP contribution in [-0.4, -0.2) is 37.6 Å². The van der Waals surface area contributed by atoms with Gasteiger partial charge in [0.15, 0.2) is 5.78 Å². The quantitative estimate of drug-likeness (QED) is 0.637. The topological polar surface area (TPSA) is 71.5 Å². The number of sulfone groups is 1. The SMILES string of the molecule is CN1C(=O)C(S(=O)(=O)c2ccccc2C(F)(F)F)=C(c2ccccc2)[C@]12C=CC(=O)C(Cl)=C2. The second-order valence-electron chi connectivity index (χ2n) is 7.45. The molecule has 0 fully saturated rings. The third kappa shape index (κ3) is 3.52. The van der Waals surface area contributed by atoms with Crippen LogP contribution in [0.3, 0.4) is 0 Å². The summed E-state index contributed by atoms with van der Waals surface area (Å²) >= 11 is 6.07. The highest BCUT2D eigenvalue weighted by Crippen LogP contribution is 2.49. The Kier molecular flexibility index (Phi) is 5.37. The smallest absolute Gasteiger partial charge is 0.324 e. The van der Waals surface area contributed by atoms with Gasteiger partial charge in [0.1, 0.15) is 10.4 Å². The number of carbonyl (C=O) groups is 2. The molecule has 0 unspecified atom stereocenters. The Labute approximate surface area is 192 Å². The second-order valence-corrected chi connectivity index (χ2v) is 9.71. The summed E-state index contributed by atoms with van der Waals surface area (Å²) in [5.74, 6) is -1.57. The summed E-state index contributed by atoms with van der Waals surface area (Å²) < 4.78 is 68.3. The minimum Gasteiger partial charge on any atom is -0.324 e. The van der Waals surface area contributed by atoms with Crippen LogP contribution in [0.5, 0.6) is 0 Å². The molecule has 1 aliphatic carbocycles. The van der Waals surface area contributed by atoms with Gasteiger partial charge in [-0.25, -0.2) is 8.42 Å². The van der Waals surface area contributed by atoms with Crippen LogP contribution < -0.4 is 0 Å². The van der Waals surface area contributed by atoms with Crippen LogP contribution in [0.4, 0.5) is 13.2 Å². The molecular weight excluding hydrogens is 479 g/mol. The van der Waals surface area contributed by atoms with Gasteiger partial charge in [0.25, 0.3) is 5.91 Å². The molecule has 5 nitrogen and oxygen atoms in total. The molecule has 10 heteroatoms. The van der Waals surface area contributed by atoms with Gasteiger partial charge in [0, 0.05) is 12.6 Å². The number of alkyl halides is 3. The van der Waals surface area contributed by atoms with E-state index in [0.29, 0.717) is 6.07 Å². The summed E-state index contributed by atoms with van der Waals surface area (Å²) in [6, 6.07) is 11.6. The van der Waals surface area contributed by atoms with Crippen molar-refractivity contribution in [1.29, 1.82) is 0 Å². The molecule has 2 aliphatic rings. The van der Waals surface area contributed by atoms with Crippen LogP contribution in [-0.2, 0) is 25.6 Å². The monoisotopic (exact) mass is 493 g/mol. The fourth-order valence-electron chi connectivity index (χ4n) is 4.00. The van der Waals surface area contributed by atoms with Gasteiger partial charge in [-0.2, -0.15) is 13.2 Å². The number of nitrogens with zero attached hydrogens (tertiary/aromatic N) is 1. The van der Waals surface area contributed by atoms with Crippen molar-refractivity contribution in [3.8, 4) is 0 Å². The fraction of sp³-hybridized carbons (Fsp3) is 0.130. The predicted octanol–water partition coefficient (Wildman–Crippen LogP) is 4.36. The molecule has 1 amide bonds. The first-order valence-electron chi connectivity index (χ1n) is 9.53. The van der Waals surface area contributed by atoms with Gasteiger partial charge in [0.05, 0.1) is 15.5 Å². The molecule has 0 saturated heterocycles. The number of hydrogen-bond acceptors (Lipinski definition) is 4. The van der Waals surface area contributed by atoms with Crippen molar-refractivity contribution in [2.24, 2.45) is 0 Å². The van der Waals surface area contributed by atoms with Crippen LogP contribution in [0.15, 0.2) is 87.7 Å². The lowest BCUT2D eigenvalue weighted by molar-refractivity contribution is -0.140. The Balaban J connectivity index is 2.11. The Morgan fingerprint density at radius 2 is 1.58 bits per heavy atom. The zero-order valence-corrected chi connectivity index (χ0v) is 18.5. The van der Waals surface area contributed by atoms with Gasteiger partial charge in [0.2, 0.25) is 9.84 Å². The van der Waals surface area contributed by atoms with Gasteiger partial charge in [-0.05, 0) is 35.9 Å². The molecule has 0 aromatic heterocycles. The van der Waals surface area contributed by atoms with Crippen molar-refractivity contribution in [2.75, 3.05) is 7.05 Å². The second kappa shape index (κ2) is 7.71. The Hall–Kier alpha value is -3.17. The number of allylic oxidation sites excluding steroid dienone is 2. The van der Waals surface area contributed by atoms with Gasteiger partial charge in [-0.1, -0.05) is 54.1 Å². The van der Waals surface area contributed by atoms with Crippen molar-refractivity contribution in [1.82, 2.24) is 4.90 Å². The maximum Gasteiger partial charge on any atom is 0.417 e. The number of hydrogen-bond donors (Lipinski definition) is 0. The van der Waals surface area contributed by atoms with Gasteiger partial charge >= 0.3 is 6.18 Å². The van der Waals surface area contributed by atoms with E-state index in [1.54, 1.807) is 18.2 Å². The largest absolute Gasteiger partial charge is 0.417 e. The highest BCUT2D eigenvalue weighted by molar-refractivity contribution is 7.96. The lowest BCUT2D eigenvalue weighted by atomic mass is 9.82. The summed E-state index contributed by atoms with van der Waals surface area (Å²) in [4.78, 5) is 24.5. The Bertz CT molecular complexity index is 1380. The Morgan fingerprint density at radius 3 is 2.18 bits per heavy atom. The van der Waals surface area contributed by atoms with Crippen LogP contribution in [0.25, 0.3) is 5.57 Å². The van der Waals surface area contributed by atoms with Crippen molar-refractivity contribution < 1.29 is 31.2 Å². The van der Waals surface area contributed by atoms with Crippen LogP contribution in [0.2, 0.25) is 0 Å². The molecule has 1 spiro atoms. The molecule has 170 valence electrons. The van der Waals surface area contributed by atoms with Crippen molar-refractivity contribution in [3.63, 3.8) is 0 Å². The van der Waals surface area contributed by atoms with Gasteiger partial charge in [-0.3, -0.25) is 9.59 Å². The lowest BCUT2D eigenvalue weighted by Gasteiger charge is -2.35. The summed E-state index contributed by atoms with van der Waals surface area (Å²) in [7, 11) is -3.67. The number of ketones is 1. The van der Waals surface area contributed by atoms with E-state index >= 15 is 0 Å². The minimum atomic E-state index is -4.97. The number of benzene rings is 2. The van der Waals surface area contributed by atoms with E-state index in [0.717, 1.165) is 29.2 Å². The molecule has 1 heterocycles. The van der Waals surface area contributed by atoms with E-state index in [2.05, 4.69) is 0 Å². The molecule has 33 heavy (non-hydrogen) atoms. The van der Waals surface area contributed by atoms with Crippen LogP contribution in [0, 0.1) is 0 Å². The number of halogens is 4. The van der Waals surface area contributed by atoms with Crippen molar-refractivity contribution >= 4 is 38.7 Å². The normalized spacial score (nSPS) is 21.2. The highest BCUT2D eigenvalue weighted by atomic mass is 35.5. The minimum absolute atomic E-state index is 0.0884. The molecule has 0 saturated carbocycles.